The maximum atomic E-state index is 13.4. The molecule has 1 atom stereocenters. The smallest absolute Gasteiger partial charge is 0.417 e. The first-order valence-corrected chi connectivity index (χ1v) is 12.7. The molecule has 2 fully saturated rings. The largest absolute Gasteiger partial charge is 0.497 e. The highest BCUT2D eigenvalue weighted by atomic mass is 32.2. The lowest BCUT2D eigenvalue weighted by Gasteiger charge is -2.34. The van der Waals surface area contributed by atoms with E-state index in [0.717, 1.165) is 40.6 Å². The summed E-state index contributed by atoms with van der Waals surface area (Å²) in [7, 11) is -2.74. The monoisotopic (exact) mass is 496 g/mol. The average Bonchev–Trinajstić information content (AvgIpc) is 3.33. The van der Waals surface area contributed by atoms with Crippen molar-refractivity contribution in [1.82, 2.24) is 9.21 Å². The first-order chi connectivity index (χ1) is 16.1. The minimum atomic E-state index is -4.77. The molecule has 2 aliphatic rings. The number of hydrogen-bond donors (Lipinski definition) is 0. The lowest BCUT2D eigenvalue weighted by atomic mass is 9.95. The Morgan fingerprint density at radius 1 is 0.971 bits per heavy atom. The lowest BCUT2D eigenvalue weighted by Crippen LogP contribution is -2.44. The zero-order chi connectivity index (χ0) is 24.5. The molecule has 0 aromatic heterocycles. The topological polar surface area (TPSA) is 66.9 Å². The summed E-state index contributed by atoms with van der Waals surface area (Å²) in [6, 6.07) is 11.8. The van der Waals surface area contributed by atoms with Gasteiger partial charge in [-0.1, -0.05) is 24.3 Å². The van der Waals surface area contributed by atoms with Gasteiger partial charge in [-0.05, 0) is 55.5 Å². The van der Waals surface area contributed by atoms with Crippen LogP contribution in [0.3, 0.4) is 0 Å². The molecule has 184 valence electrons. The fraction of sp³-hybridized carbons (Fsp3) is 0.458. The highest BCUT2D eigenvalue weighted by Gasteiger charge is 2.41. The summed E-state index contributed by atoms with van der Waals surface area (Å²) in [4.78, 5) is 14.4. The molecular formula is C24H27F3N2O4S. The third kappa shape index (κ3) is 4.79. The molecule has 2 aromatic carbocycles. The van der Waals surface area contributed by atoms with E-state index in [-0.39, 0.29) is 43.8 Å². The van der Waals surface area contributed by atoms with E-state index < -0.39 is 26.7 Å². The molecule has 6 nitrogen and oxygen atoms in total. The lowest BCUT2D eigenvalue weighted by molar-refractivity contribution is -0.140. The summed E-state index contributed by atoms with van der Waals surface area (Å²) < 4.78 is 72.4. The van der Waals surface area contributed by atoms with Gasteiger partial charge < -0.3 is 9.64 Å². The molecule has 2 heterocycles. The maximum absolute atomic E-state index is 13.4. The van der Waals surface area contributed by atoms with E-state index >= 15 is 0 Å². The number of carbonyl (C=O) groups excluding carboxylic acids is 1. The van der Waals surface area contributed by atoms with Gasteiger partial charge in [0.2, 0.25) is 15.9 Å². The van der Waals surface area contributed by atoms with Crippen molar-refractivity contribution in [3.63, 3.8) is 0 Å². The van der Waals surface area contributed by atoms with E-state index in [0.29, 0.717) is 6.54 Å². The van der Waals surface area contributed by atoms with Crippen molar-refractivity contribution in [2.45, 2.75) is 42.8 Å². The Kier molecular flexibility index (Phi) is 6.91. The summed E-state index contributed by atoms with van der Waals surface area (Å²) in [5, 5.41) is 0. The molecular weight excluding hydrogens is 469 g/mol. The standard InChI is InChI=1S/C24H27F3N2O4S/c1-33-19-10-8-17(9-11-19)21-6-4-14-29(21)23(30)18-12-15-28(16-13-18)34(31,32)22-7-3-2-5-20(22)24(25,26)27/h2-3,5,7-11,18,21H,4,6,12-16H2,1H3. The molecule has 0 saturated carbocycles. The van der Waals surface area contributed by atoms with Crippen molar-refractivity contribution in [2.24, 2.45) is 5.92 Å². The number of carbonyl (C=O) groups is 1. The second-order valence-electron chi connectivity index (χ2n) is 8.64. The van der Waals surface area contributed by atoms with Gasteiger partial charge >= 0.3 is 6.18 Å². The van der Waals surface area contributed by atoms with Crippen LogP contribution in [0, 0.1) is 5.92 Å². The van der Waals surface area contributed by atoms with Gasteiger partial charge in [0, 0.05) is 25.6 Å². The van der Waals surface area contributed by atoms with Crippen molar-refractivity contribution < 1.29 is 31.1 Å². The van der Waals surface area contributed by atoms with Crippen molar-refractivity contribution in [1.29, 1.82) is 0 Å². The quantitative estimate of drug-likeness (QED) is 0.612. The molecule has 2 aliphatic heterocycles. The van der Waals surface area contributed by atoms with Crippen molar-refractivity contribution in [2.75, 3.05) is 26.7 Å². The fourth-order valence-corrected chi connectivity index (χ4v) is 6.53. The second kappa shape index (κ2) is 9.58. The van der Waals surface area contributed by atoms with Gasteiger partial charge in [0.1, 0.15) is 5.75 Å². The van der Waals surface area contributed by atoms with Crippen molar-refractivity contribution in [3.8, 4) is 5.75 Å². The molecule has 0 spiro atoms. The summed E-state index contributed by atoms with van der Waals surface area (Å²) in [6.07, 6.45) is -2.50. The highest BCUT2D eigenvalue weighted by Crippen LogP contribution is 2.38. The Hall–Kier alpha value is -2.59. The Morgan fingerprint density at radius 2 is 1.62 bits per heavy atom. The predicted octanol–water partition coefficient (Wildman–Crippen LogP) is 4.48. The number of piperidine rings is 1. The van der Waals surface area contributed by atoms with Gasteiger partial charge in [-0.25, -0.2) is 8.42 Å². The van der Waals surface area contributed by atoms with Crippen LogP contribution in [0.25, 0.3) is 0 Å². The van der Waals surface area contributed by atoms with E-state index in [2.05, 4.69) is 0 Å². The van der Waals surface area contributed by atoms with Crippen LogP contribution in [-0.2, 0) is 21.0 Å². The first-order valence-electron chi connectivity index (χ1n) is 11.2. The minimum absolute atomic E-state index is 0.00593. The van der Waals surface area contributed by atoms with Crippen molar-refractivity contribution in [3.05, 3.63) is 59.7 Å². The molecule has 0 radical (unpaired) electrons. The molecule has 0 aliphatic carbocycles. The number of sulfonamides is 1. The van der Waals surface area contributed by atoms with Gasteiger partial charge in [0.05, 0.1) is 23.6 Å². The van der Waals surface area contributed by atoms with Crippen LogP contribution in [0.1, 0.15) is 42.9 Å². The molecule has 4 rings (SSSR count). The van der Waals surface area contributed by atoms with Gasteiger partial charge in [0.15, 0.2) is 0 Å². The third-order valence-corrected chi connectivity index (χ3v) is 8.61. The number of nitrogens with zero attached hydrogens (tertiary/aromatic N) is 2. The molecule has 2 saturated heterocycles. The Bertz CT molecular complexity index is 1130. The molecule has 0 N–H and O–H groups in total. The number of methoxy groups -OCH3 is 1. The number of halogens is 3. The molecule has 10 heteroatoms. The van der Waals surface area contributed by atoms with Crippen LogP contribution < -0.4 is 4.74 Å². The summed E-state index contributed by atoms with van der Waals surface area (Å²) >= 11 is 0. The van der Waals surface area contributed by atoms with E-state index in [9.17, 15) is 26.4 Å². The van der Waals surface area contributed by atoms with Gasteiger partial charge in [-0.2, -0.15) is 17.5 Å². The number of likely N-dealkylation sites (tertiary alicyclic amines) is 1. The maximum Gasteiger partial charge on any atom is 0.417 e. The number of rotatable bonds is 5. The van der Waals surface area contributed by atoms with Gasteiger partial charge in [-0.15, -0.1) is 0 Å². The Labute approximate surface area is 197 Å². The fourth-order valence-electron chi connectivity index (χ4n) is 4.85. The molecule has 1 unspecified atom stereocenters. The molecule has 2 aromatic rings. The normalized spacial score (nSPS) is 20.5. The zero-order valence-electron chi connectivity index (χ0n) is 18.8. The Balaban J connectivity index is 1.45. The third-order valence-electron chi connectivity index (χ3n) is 6.65. The second-order valence-corrected chi connectivity index (χ2v) is 10.5. The molecule has 34 heavy (non-hydrogen) atoms. The average molecular weight is 497 g/mol. The van der Waals surface area contributed by atoms with Crippen LogP contribution >= 0.6 is 0 Å². The number of benzene rings is 2. The van der Waals surface area contributed by atoms with Crippen LogP contribution in [0.5, 0.6) is 5.75 Å². The van der Waals surface area contributed by atoms with Gasteiger partial charge in [0.25, 0.3) is 0 Å². The van der Waals surface area contributed by atoms with Crippen LogP contribution in [0.2, 0.25) is 0 Å². The summed E-state index contributed by atoms with van der Waals surface area (Å²) in [6.45, 7) is 0.644. The number of hydrogen-bond acceptors (Lipinski definition) is 4. The minimum Gasteiger partial charge on any atom is -0.497 e. The summed E-state index contributed by atoms with van der Waals surface area (Å²) in [5.41, 5.74) is -0.150. The van der Waals surface area contributed by atoms with Crippen LogP contribution in [-0.4, -0.2) is 50.3 Å². The highest BCUT2D eigenvalue weighted by molar-refractivity contribution is 7.89. The predicted molar refractivity (Wildman–Crippen MR) is 120 cm³/mol. The number of ether oxygens (including phenoxy) is 1. The molecule has 0 bridgehead atoms. The summed E-state index contributed by atoms with van der Waals surface area (Å²) in [5.74, 6) is 0.356. The van der Waals surface area contributed by atoms with Crippen LogP contribution in [0.4, 0.5) is 13.2 Å². The van der Waals surface area contributed by atoms with E-state index in [1.807, 2.05) is 29.2 Å². The van der Waals surface area contributed by atoms with Gasteiger partial charge in [-0.3, -0.25) is 4.79 Å². The number of alkyl halides is 3. The van der Waals surface area contributed by atoms with E-state index in [1.54, 1.807) is 7.11 Å². The molecule has 1 amide bonds. The van der Waals surface area contributed by atoms with Crippen LogP contribution in [0.15, 0.2) is 53.4 Å². The SMILES string of the molecule is COc1ccc(C2CCCN2C(=O)C2CCN(S(=O)(=O)c3ccccc3C(F)(F)F)CC2)cc1. The number of amides is 1. The zero-order valence-corrected chi connectivity index (χ0v) is 19.6. The van der Waals surface area contributed by atoms with E-state index in [4.69, 9.17) is 4.74 Å². The first kappa shape index (κ1) is 24.5. The van der Waals surface area contributed by atoms with E-state index in [1.165, 1.54) is 12.1 Å². The Morgan fingerprint density at radius 3 is 2.24 bits per heavy atom. The van der Waals surface area contributed by atoms with Crippen molar-refractivity contribution >= 4 is 15.9 Å².